The van der Waals surface area contributed by atoms with E-state index in [1.165, 1.54) is 12.5 Å². The molecule has 5 saturated heterocycles. The highest BCUT2D eigenvalue weighted by molar-refractivity contribution is 5.79. The van der Waals surface area contributed by atoms with Gasteiger partial charge in [-0.05, 0) is 116 Å². The number of carbonyl (C=O) groups excluding carboxylic acids is 1. The van der Waals surface area contributed by atoms with Crippen LogP contribution >= 0.6 is 0 Å². The molecule has 10 rings (SSSR count). The Kier molecular flexibility index (Phi) is 18.3. The quantitative estimate of drug-likeness (QED) is 0.0576. The van der Waals surface area contributed by atoms with Gasteiger partial charge in [-0.25, -0.2) is 0 Å². The molecular formula is C58H94O25. The highest BCUT2D eigenvalue weighted by Gasteiger charge is 2.70. The van der Waals surface area contributed by atoms with Crippen LogP contribution in [-0.2, 0) is 52.2 Å². The van der Waals surface area contributed by atoms with Crippen LogP contribution < -0.4 is 0 Å². The van der Waals surface area contributed by atoms with Crippen LogP contribution in [0.2, 0.25) is 0 Å². The van der Waals surface area contributed by atoms with E-state index in [0.29, 0.717) is 32.1 Å². The van der Waals surface area contributed by atoms with E-state index < -0.39 is 177 Å². The lowest BCUT2D eigenvalue weighted by molar-refractivity contribution is -0.378. The summed E-state index contributed by atoms with van der Waals surface area (Å²) in [5.74, 6) is -0.468. The molecule has 28 unspecified atom stereocenters. The van der Waals surface area contributed by atoms with Crippen LogP contribution in [0.4, 0.5) is 0 Å². The summed E-state index contributed by atoms with van der Waals surface area (Å²) in [6, 6.07) is 0. The summed E-state index contributed by atoms with van der Waals surface area (Å²) < 4.78 is 59.6. The minimum atomic E-state index is -1.84. The van der Waals surface area contributed by atoms with E-state index in [9.17, 15) is 71.5 Å². The molecule has 0 amide bonds. The maximum absolute atomic E-state index is 15.1. The lowest BCUT2D eigenvalue weighted by atomic mass is 9.33. The third-order valence-corrected chi connectivity index (χ3v) is 22.7. The minimum Gasteiger partial charge on any atom is -0.432 e. The molecule has 0 spiro atoms. The average Bonchev–Trinajstić information content (AvgIpc) is 3.63. The summed E-state index contributed by atoms with van der Waals surface area (Å²) in [6.45, 7) is 15.6. The summed E-state index contributed by atoms with van der Waals surface area (Å²) in [7, 11) is 0. The van der Waals surface area contributed by atoms with E-state index in [-0.39, 0.29) is 52.6 Å². The molecule has 5 heterocycles. The van der Waals surface area contributed by atoms with E-state index in [1.807, 2.05) is 0 Å². The first-order valence-electron chi connectivity index (χ1n) is 30.0. The second kappa shape index (κ2) is 23.6. The van der Waals surface area contributed by atoms with Gasteiger partial charge in [0.15, 0.2) is 25.2 Å². The minimum absolute atomic E-state index is 0.137. The van der Waals surface area contributed by atoms with Crippen molar-refractivity contribution in [2.75, 3.05) is 26.4 Å². The van der Waals surface area contributed by atoms with Gasteiger partial charge in [0.1, 0.15) is 104 Å². The normalized spacial score (nSPS) is 54.2. The lowest BCUT2D eigenvalue weighted by Gasteiger charge is -2.71. The maximum Gasteiger partial charge on any atom is 0.315 e. The van der Waals surface area contributed by atoms with Crippen molar-refractivity contribution in [1.82, 2.24) is 0 Å². The van der Waals surface area contributed by atoms with Gasteiger partial charge in [-0.3, -0.25) is 4.79 Å². The molecule has 4 saturated carbocycles. The topological polar surface area (TPSA) is 393 Å². The summed E-state index contributed by atoms with van der Waals surface area (Å²) in [6.07, 6.45) is -26.8. The Balaban J connectivity index is 0.840. The molecule has 0 aromatic rings. The molecule has 0 radical (unpaired) electrons. The third-order valence-electron chi connectivity index (χ3n) is 22.7. The highest BCUT2D eigenvalue weighted by Crippen LogP contribution is 2.76. The Morgan fingerprint density at radius 2 is 1.17 bits per heavy atom. The fourth-order valence-corrected chi connectivity index (χ4v) is 17.3. The fraction of sp³-hybridized carbons (Fsp3) is 0.948. The van der Waals surface area contributed by atoms with E-state index >= 15 is 4.79 Å². The predicted octanol–water partition coefficient (Wildman–Crippen LogP) is -1.91. The van der Waals surface area contributed by atoms with Gasteiger partial charge < -0.3 is 119 Å². The Hall–Kier alpha value is -1.71. The van der Waals surface area contributed by atoms with E-state index in [0.717, 1.165) is 32.1 Å². The number of aliphatic hydroxyl groups excluding tert-OH is 14. The second-order valence-electron chi connectivity index (χ2n) is 28.2. The second-order valence-corrected chi connectivity index (χ2v) is 28.2. The maximum atomic E-state index is 15.1. The van der Waals surface area contributed by atoms with Crippen LogP contribution in [-0.4, -0.2) is 251 Å². The van der Waals surface area contributed by atoms with Gasteiger partial charge in [-0.1, -0.05) is 60.1 Å². The lowest BCUT2D eigenvalue weighted by Crippen LogP contribution is -2.66. The van der Waals surface area contributed by atoms with Gasteiger partial charge in [0.25, 0.3) is 0 Å². The van der Waals surface area contributed by atoms with E-state index in [2.05, 4.69) is 54.5 Å². The molecule has 10 aliphatic rings. The summed E-state index contributed by atoms with van der Waals surface area (Å²) in [4.78, 5) is 15.1. The Morgan fingerprint density at radius 3 is 1.86 bits per heavy atom. The molecule has 25 nitrogen and oxygen atoms in total. The van der Waals surface area contributed by atoms with Gasteiger partial charge in [0.05, 0.1) is 44.1 Å². The first-order valence-corrected chi connectivity index (χ1v) is 30.0. The SMILES string of the molecule is CC1OC(OC2C(OC3CC[C@@]4(C)C(CC[C@]5(C)C4CC=C4C6CC(C)(C)CCC6(C(=O)OC6OC(COC7OC(CO)C(O)C(O)C7O)C(O)C(O)C6O)CC[C@]45C)C3(C)C)OCC(O)C2O)C(O)C(OC2OCC(O)C(O)C2O)C1O. The van der Waals surface area contributed by atoms with Crippen LogP contribution in [0.1, 0.15) is 120 Å². The number of hydrogen-bond donors (Lipinski definition) is 14. The summed E-state index contributed by atoms with van der Waals surface area (Å²) >= 11 is 0. The molecule has 9 fully saturated rings. The van der Waals surface area contributed by atoms with Crippen molar-refractivity contribution in [3.63, 3.8) is 0 Å². The van der Waals surface area contributed by atoms with Gasteiger partial charge in [0.2, 0.25) is 6.29 Å². The largest absolute Gasteiger partial charge is 0.432 e. The van der Waals surface area contributed by atoms with Crippen LogP contribution in [0.15, 0.2) is 11.6 Å². The number of fused-ring (bicyclic) bond motifs is 7. The molecule has 83 heavy (non-hydrogen) atoms. The number of ether oxygens (including phenoxy) is 10. The van der Waals surface area contributed by atoms with E-state index in [1.54, 1.807) is 0 Å². The molecule has 0 aromatic carbocycles. The van der Waals surface area contributed by atoms with Crippen molar-refractivity contribution >= 4 is 5.97 Å². The number of hydrogen-bond acceptors (Lipinski definition) is 25. The van der Waals surface area contributed by atoms with Gasteiger partial charge in [-0.2, -0.15) is 0 Å². The average molecular weight is 1190 g/mol. The molecule has 14 N–H and O–H groups in total. The number of rotatable bonds is 12. The molecule has 0 bridgehead atoms. The Labute approximate surface area is 483 Å². The fourth-order valence-electron chi connectivity index (χ4n) is 17.3. The number of allylic oxidation sites excluding steroid dienone is 2. The molecule has 5 aliphatic carbocycles. The monoisotopic (exact) mass is 1190 g/mol. The zero-order valence-electron chi connectivity index (χ0n) is 48.8. The highest BCUT2D eigenvalue weighted by atomic mass is 16.8. The molecule has 25 heteroatoms. The number of carbonyl (C=O) groups is 1. The van der Waals surface area contributed by atoms with Crippen LogP contribution in [0.5, 0.6) is 0 Å². The van der Waals surface area contributed by atoms with Gasteiger partial charge in [0, 0.05) is 0 Å². The summed E-state index contributed by atoms with van der Waals surface area (Å²) in [5, 5.41) is 150. The molecular weight excluding hydrogens is 1100 g/mol. The van der Waals surface area contributed by atoms with Crippen LogP contribution in [0, 0.1) is 50.2 Å². The Bertz CT molecular complexity index is 2310. The summed E-state index contributed by atoms with van der Waals surface area (Å²) in [5.41, 5.74) is -1.17. The van der Waals surface area contributed by atoms with E-state index in [4.69, 9.17) is 47.4 Å². The van der Waals surface area contributed by atoms with Crippen LogP contribution in [0.3, 0.4) is 0 Å². The molecule has 5 aliphatic heterocycles. The number of aliphatic hydroxyl groups is 14. The van der Waals surface area contributed by atoms with Crippen molar-refractivity contribution in [3.8, 4) is 0 Å². The smallest absolute Gasteiger partial charge is 0.315 e. The zero-order valence-corrected chi connectivity index (χ0v) is 48.8. The number of esters is 1. The zero-order chi connectivity index (χ0) is 60.4. The first-order chi connectivity index (χ1) is 38.8. The molecule has 31 atom stereocenters. The van der Waals surface area contributed by atoms with Crippen molar-refractivity contribution in [1.29, 1.82) is 0 Å². The molecule has 0 aromatic heterocycles. The van der Waals surface area contributed by atoms with Gasteiger partial charge in [-0.15, -0.1) is 0 Å². The van der Waals surface area contributed by atoms with Crippen molar-refractivity contribution in [2.24, 2.45) is 50.2 Å². The predicted molar refractivity (Wildman–Crippen MR) is 282 cm³/mol. The third kappa shape index (κ3) is 10.9. The molecule has 476 valence electrons. The Morgan fingerprint density at radius 1 is 0.566 bits per heavy atom. The van der Waals surface area contributed by atoms with Crippen LogP contribution in [0.25, 0.3) is 0 Å². The van der Waals surface area contributed by atoms with Crippen molar-refractivity contribution < 1.29 is 124 Å². The van der Waals surface area contributed by atoms with Crippen molar-refractivity contribution in [2.45, 2.75) is 267 Å². The standard InChI is InChI=1S/C58H94O25/c1-24-34(62)45(81-48-41(69)35(63)27(60)21-74-48)44(72)50(77-24)82-46-36(64)28(61)22-75-51(46)80-33-12-13-55(6)31(54(33,4)5)11-14-57(8)32(55)10-9-25-26-19-53(2,3)15-17-58(26,18-16-56(25,57)7)52(73)83-49-43(71)40(68)38(66)30(79-49)23-76-47-42(70)39(67)37(65)29(20-59)78-47/h9,24,26-51,59-72H,10-23H2,1-8H3/t24?,26?,27?,28?,29?,30?,31?,32?,33?,34?,35?,36?,37?,38?,39?,40?,41?,42?,43?,44?,45?,46?,47?,48?,49?,50?,51?,55-,56+,57+,58?/m0/s1. The van der Waals surface area contributed by atoms with Gasteiger partial charge >= 0.3 is 5.97 Å². The first kappa shape index (κ1) is 64.3. The van der Waals surface area contributed by atoms with Crippen molar-refractivity contribution in [3.05, 3.63) is 11.6 Å².